The van der Waals surface area contributed by atoms with Gasteiger partial charge in [-0.2, -0.15) is 5.10 Å². The third-order valence-electron chi connectivity index (χ3n) is 7.53. The standard InChI is InChI=1S/C35H37FN8/c1-21(2)12-22(3)39-27-16-25(18-37-19-27)31-17-29-32(20-38-31)42-43-34(29)35-40-30-10-6-9-28(33(30)41-35)24-13-23(14-26(36)15-24)8-7-11-44(4)5/h6,9-10,13-21,39H,3,7-8,11-12H2,1-2,4-5H3,(H,40,41)(H,42,43). The zero-order valence-corrected chi connectivity index (χ0v) is 25.6. The lowest BCUT2D eigenvalue weighted by molar-refractivity contribution is 0.400. The first-order valence-corrected chi connectivity index (χ1v) is 14.9. The maximum Gasteiger partial charge on any atom is 0.159 e. The summed E-state index contributed by atoms with van der Waals surface area (Å²) in [5.41, 5.74) is 9.21. The van der Waals surface area contributed by atoms with Gasteiger partial charge in [-0.25, -0.2) is 9.37 Å². The normalized spacial score (nSPS) is 11.7. The molecule has 0 radical (unpaired) electrons. The van der Waals surface area contributed by atoms with E-state index < -0.39 is 0 Å². The van der Waals surface area contributed by atoms with E-state index in [1.807, 2.05) is 44.4 Å². The lowest BCUT2D eigenvalue weighted by atomic mass is 9.99. The van der Waals surface area contributed by atoms with E-state index in [2.05, 4.69) is 61.9 Å². The second-order valence-electron chi connectivity index (χ2n) is 12.0. The predicted octanol–water partition coefficient (Wildman–Crippen LogP) is 7.84. The van der Waals surface area contributed by atoms with Crippen molar-refractivity contribution in [3.8, 4) is 33.9 Å². The zero-order valence-electron chi connectivity index (χ0n) is 25.6. The summed E-state index contributed by atoms with van der Waals surface area (Å²) in [6.45, 7) is 9.42. The van der Waals surface area contributed by atoms with E-state index in [0.717, 1.165) is 87.1 Å². The summed E-state index contributed by atoms with van der Waals surface area (Å²) in [4.78, 5) is 19.7. The molecule has 0 fully saturated rings. The van der Waals surface area contributed by atoms with Gasteiger partial charge in [0.15, 0.2) is 5.82 Å². The number of aromatic nitrogens is 6. The largest absolute Gasteiger partial charge is 0.358 e. The molecule has 0 aliphatic carbocycles. The van der Waals surface area contributed by atoms with Crippen LogP contribution in [0.15, 0.2) is 79.4 Å². The number of anilines is 1. The fraction of sp³-hybridized carbons (Fsp3) is 0.257. The van der Waals surface area contributed by atoms with Gasteiger partial charge >= 0.3 is 0 Å². The van der Waals surface area contributed by atoms with Crippen molar-refractivity contribution in [2.75, 3.05) is 26.0 Å². The Morgan fingerprint density at radius 1 is 1.02 bits per heavy atom. The van der Waals surface area contributed by atoms with Crippen LogP contribution >= 0.6 is 0 Å². The minimum absolute atomic E-state index is 0.244. The predicted molar refractivity (Wildman–Crippen MR) is 177 cm³/mol. The highest BCUT2D eigenvalue weighted by Crippen LogP contribution is 2.33. The molecule has 3 N–H and O–H groups in total. The number of nitrogens with zero attached hydrogens (tertiary/aromatic N) is 5. The quantitative estimate of drug-likeness (QED) is 0.143. The summed E-state index contributed by atoms with van der Waals surface area (Å²) in [7, 11) is 4.10. The molecular formula is C35H37FN8. The van der Waals surface area contributed by atoms with Crippen molar-refractivity contribution in [1.29, 1.82) is 0 Å². The SMILES string of the molecule is C=C(CC(C)C)Nc1cncc(-c2cc3c(-c4nc5c(-c6cc(F)cc(CCCN(C)C)c6)cccc5[nH]4)n[nH]c3cn2)c1. The minimum Gasteiger partial charge on any atom is -0.358 e. The molecule has 0 atom stereocenters. The van der Waals surface area contributed by atoms with E-state index >= 15 is 0 Å². The third-order valence-corrected chi connectivity index (χ3v) is 7.53. The Labute approximate surface area is 256 Å². The van der Waals surface area contributed by atoms with Crippen LogP contribution < -0.4 is 5.32 Å². The lowest BCUT2D eigenvalue weighted by Crippen LogP contribution is -2.13. The highest BCUT2D eigenvalue weighted by atomic mass is 19.1. The molecule has 0 saturated heterocycles. The molecule has 0 aliphatic rings. The van der Waals surface area contributed by atoms with Crippen LogP contribution in [-0.2, 0) is 6.42 Å². The maximum absolute atomic E-state index is 14.7. The zero-order chi connectivity index (χ0) is 30.8. The van der Waals surface area contributed by atoms with Gasteiger partial charge < -0.3 is 15.2 Å². The molecule has 8 nitrogen and oxygen atoms in total. The van der Waals surface area contributed by atoms with Crippen LogP contribution in [0.25, 0.3) is 55.8 Å². The molecule has 9 heteroatoms. The number of allylic oxidation sites excluding steroid dienone is 1. The van der Waals surface area contributed by atoms with Crippen LogP contribution in [0.3, 0.4) is 0 Å². The van der Waals surface area contributed by atoms with Gasteiger partial charge in [-0.05, 0) is 87.3 Å². The Kier molecular flexibility index (Phi) is 8.21. The van der Waals surface area contributed by atoms with Crippen LogP contribution in [0.1, 0.15) is 32.3 Å². The second kappa shape index (κ2) is 12.4. The van der Waals surface area contributed by atoms with Crippen LogP contribution in [0.4, 0.5) is 10.1 Å². The van der Waals surface area contributed by atoms with E-state index in [-0.39, 0.29) is 5.82 Å². The molecule has 0 saturated carbocycles. The number of halogens is 1. The van der Waals surface area contributed by atoms with E-state index in [1.165, 1.54) is 0 Å². The van der Waals surface area contributed by atoms with Gasteiger partial charge in [-0.15, -0.1) is 0 Å². The molecule has 6 aromatic rings. The minimum atomic E-state index is -0.244. The van der Waals surface area contributed by atoms with E-state index in [9.17, 15) is 4.39 Å². The van der Waals surface area contributed by atoms with Crippen LogP contribution in [0.5, 0.6) is 0 Å². The number of fused-ring (bicyclic) bond motifs is 2. The smallest absolute Gasteiger partial charge is 0.159 e. The molecular weight excluding hydrogens is 551 g/mol. The lowest BCUT2D eigenvalue weighted by Gasteiger charge is -2.12. The summed E-state index contributed by atoms with van der Waals surface area (Å²) < 4.78 is 14.7. The van der Waals surface area contributed by atoms with E-state index in [4.69, 9.17) is 4.98 Å². The Morgan fingerprint density at radius 2 is 1.89 bits per heavy atom. The molecule has 0 spiro atoms. The Bertz CT molecular complexity index is 1950. The Balaban J connectivity index is 1.33. The number of pyridine rings is 2. The van der Waals surface area contributed by atoms with Crippen molar-refractivity contribution in [2.24, 2.45) is 5.92 Å². The fourth-order valence-electron chi connectivity index (χ4n) is 5.58. The average Bonchev–Trinajstić information content (AvgIpc) is 3.60. The van der Waals surface area contributed by atoms with Gasteiger partial charge in [0.1, 0.15) is 11.5 Å². The number of benzene rings is 2. The fourth-order valence-corrected chi connectivity index (χ4v) is 5.58. The first kappa shape index (κ1) is 29.2. The van der Waals surface area contributed by atoms with Gasteiger partial charge in [-0.1, -0.05) is 38.6 Å². The first-order valence-electron chi connectivity index (χ1n) is 14.9. The van der Waals surface area contributed by atoms with Crippen molar-refractivity contribution in [3.63, 3.8) is 0 Å². The number of aromatic amines is 2. The third kappa shape index (κ3) is 6.38. The number of para-hydroxylation sites is 1. The number of aryl methyl sites for hydroxylation is 1. The number of hydrogen-bond donors (Lipinski definition) is 3. The molecule has 0 bridgehead atoms. The topological polar surface area (TPSA) is 98.4 Å². The maximum atomic E-state index is 14.7. The molecule has 6 rings (SSSR count). The Morgan fingerprint density at radius 3 is 2.70 bits per heavy atom. The second-order valence-corrected chi connectivity index (χ2v) is 12.0. The molecule has 2 aromatic carbocycles. The monoisotopic (exact) mass is 588 g/mol. The highest BCUT2D eigenvalue weighted by molar-refractivity contribution is 5.97. The van der Waals surface area contributed by atoms with Crippen molar-refractivity contribution in [2.45, 2.75) is 33.1 Å². The van der Waals surface area contributed by atoms with Gasteiger partial charge in [0.05, 0.1) is 40.3 Å². The number of H-pyrrole nitrogens is 2. The van der Waals surface area contributed by atoms with Crippen molar-refractivity contribution in [1.82, 2.24) is 35.0 Å². The number of rotatable bonds is 11. The molecule has 4 heterocycles. The number of imidazole rings is 1. The molecule has 4 aromatic heterocycles. The van der Waals surface area contributed by atoms with Crippen LogP contribution in [0, 0.1) is 11.7 Å². The van der Waals surface area contributed by atoms with Gasteiger partial charge in [0, 0.05) is 28.4 Å². The van der Waals surface area contributed by atoms with Crippen LogP contribution in [-0.4, -0.2) is 55.7 Å². The van der Waals surface area contributed by atoms with E-state index in [0.29, 0.717) is 17.4 Å². The average molecular weight is 589 g/mol. The summed E-state index contributed by atoms with van der Waals surface area (Å²) in [5, 5.41) is 11.9. The molecule has 224 valence electrons. The summed E-state index contributed by atoms with van der Waals surface area (Å²) in [6, 6.07) is 15.2. The molecule has 0 aliphatic heterocycles. The molecule has 44 heavy (non-hydrogen) atoms. The summed E-state index contributed by atoms with van der Waals surface area (Å²) in [5.74, 6) is 0.886. The molecule has 0 unspecified atom stereocenters. The van der Waals surface area contributed by atoms with Crippen molar-refractivity contribution in [3.05, 3.63) is 90.8 Å². The number of hydrogen-bond acceptors (Lipinski definition) is 6. The van der Waals surface area contributed by atoms with Gasteiger partial charge in [0.25, 0.3) is 0 Å². The Hall–Kier alpha value is -4.89. The first-order chi connectivity index (χ1) is 21.2. The summed E-state index contributed by atoms with van der Waals surface area (Å²) >= 11 is 0. The number of nitrogens with one attached hydrogen (secondary N) is 3. The van der Waals surface area contributed by atoms with Crippen LogP contribution in [0.2, 0.25) is 0 Å². The highest BCUT2D eigenvalue weighted by Gasteiger charge is 2.17. The van der Waals surface area contributed by atoms with E-state index in [1.54, 1.807) is 30.7 Å². The molecule has 0 amide bonds. The van der Waals surface area contributed by atoms with Crippen molar-refractivity contribution < 1.29 is 4.39 Å². The van der Waals surface area contributed by atoms with Gasteiger partial charge in [-0.3, -0.25) is 15.1 Å². The summed E-state index contributed by atoms with van der Waals surface area (Å²) in [6.07, 6.45) is 8.00. The van der Waals surface area contributed by atoms with Gasteiger partial charge in [0.2, 0.25) is 0 Å². The van der Waals surface area contributed by atoms with Crippen molar-refractivity contribution >= 4 is 27.6 Å².